The number of hydrogen-bond donors (Lipinski definition) is 1. The first-order valence-corrected chi connectivity index (χ1v) is 6.60. The Labute approximate surface area is 115 Å². The predicted molar refractivity (Wildman–Crippen MR) is 76.2 cm³/mol. The van der Waals surface area contributed by atoms with Crippen molar-refractivity contribution in [3.8, 4) is 0 Å². The van der Waals surface area contributed by atoms with Crippen molar-refractivity contribution in [3.63, 3.8) is 0 Å². The van der Waals surface area contributed by atoms with E-state index < -0.39 is 0 Å². The van der Waals surface area contributed by atoms with Crippen LogP contribution in [0.1, 0.15) is 22.7 Å². The third-order valence-corrected chi connectivity index (χ3v) is 3.89. The highest BCUT2D eigenvalue weighted by Gasteiger charge is 2.16. The third-order valence-electron chi connectivity index (χ3n) is 3.03. The second kappa shape index (κ2) is 5.63. The maximum Gasteiger partial charge on any atom is 0.128 e. The van der Waals surface area contributed by atoms with Gasteiger partial charge in [0, 0.05) is 10.0 Å². The Kier molecular flexibility index (Phi) is 4.15. The molecule has 0 heterocycles. The van der Waals surface area contributed by atoms with Gasteiger partial charge in [0.1, 0.15) is 5.82 Å². The third kappa shape index (κ3) is 2.62. The number of benzene rings is 2. The smallest absolute Gasteiger partial charge is 0.128 e. The van der Waals surface area contributed by atoms with Gasteiger partial charge in [0.25, 0.3) is 0 Å². The Morgan fingerprint density at radius 1 is 1.17 bits per heavy atom. The number of rotatable bonds is 3. The summed E-state index contributed by atoms with van der Waals surface area (Å²) in [5.41, 5.74) is 2.87. The second-order valence-electron chi connectivity index (χ2n) is 4.25. The van der Waals surface area contributed by atoms with Crippen molar-refractivity contribution in [2.45, 2.75) is 13.0 Å². The number of aryl methyl sites for hydroxylation is 1. The minimum Gasteiger partial charge on any atom is -0.309 e. The van der Waals surface area contributed by atoms with Gasteiger partial charge in [-0.2, -0.15) is 0 Å². The fourth-order valence-electron chi connectivity index (χ4n) is 2.00. The van der Waals surface area contributed by atoms with Crippen LogP contribution in [-0.2, 0) is 0 Å². The van der Waals surface area contributed by atoms with Crippen LogP contribution in [0, 0.1) is 12.7 Å². The zero-order chi connectivity index (χ0) is 13.1. The first-order chi connectivity index (χ1) is 8.63. The maximum atomic E-state index is 13.8. The van der Waals surface area contributed by atoms with Crippen molar-refractivity contribution in [1.29, 1.82) is 0 Å². The summed E-state index contributed by atoms with van der Waals surface area (Å²) in [6.45, 7) is 2.03. The van der Waals surface area contributed by atoms with E-state index in [4.69, 9.17) is 0 Å². The van der Waals surface area contributed by atoms with Crippen LogP contribution < -0.4 is 5.32 Å². The quantitative estimate of drug-likeness (QED) is 0.896. The van der Waals surface area contributed by atoms with Crippen LogP contribution in [0.15, 0.2) is 46.9 Å². The van der Waals surface area contributed by atoms with E-state index in [0.29, 0.717) is 5.56 Å². The van der Waals surface area contributed by atoms with E-state index in [-0.39, 0.29) is 11.9 Å². The SMILES string of the molecule is CNC(c1ccc(C)c(Br)c1)c1ccccc1F. The van der Waals surface area contributed by atoms with Crippen LogP contribution in [0.5, 0.6) is 0 Å². The Balaban J connectivity index is 2.45. The van der Waals surface area contributed by atoms with E-state index in [9.17, 15) is 4.39 Å². The van der Waals surface area contributed by atoms with Crippen molar-refractivity contribution >= 4 is 15.9 Å². The van der Waals surface area contributed by atoms with Crippen molar-refractivity contribution in [1.82, 2.24) is 5.32 Å². The van der Waals surface area contributed by atoms with E-state index >= 15 is 0 Å². The number of nitrogens with one attached hydrogen (secondary N) is 1. The minimum atomic E-state index is -0.187. The molecule has 0 amide bonds. The second-order valence-corrected chi connectivity index (χ2v) is 5.11. The molecule has 0 saturated heterocycles. The van der Waals surface area contributed by atoms with E-state index in [1.807, 2.05) is 44.3 Å². The lowest BCUT2D eigenvalue weighted by Crippen LogP contribution is -2.19. The average Bonchev–Trinajstić information content (AvgIpc) is 2.37. The average molecular weight is 308 g/mol. The molecule has 0 aromatic heterocycles. The van der Waals surface area contributed by atoms with Gasteiger partial charge in [-0.05, 0) is 37.2 Å². The molecule has 2 aromatic carbocycles. The van der Waals surface area contributed by atoms with Crippen molar-refractivity contribution in [2.75, 3.05) is 7.05 Å². The summed E-state index contributed by atoms with van der Waals surface area (Å²) in [6, 6.07) is 12.8. The molecule has 0 bridgehead atoms. The van der Waals surface area contributed by atoms with Crippen molar-refractivity contribution in [3.05, 3.63) is 69.4 Å². The molecule has 2 aromatic rings. The monoisotopic (exact) mass is 307 g/mol. The van der Waals surface area contributed by atoms with Gasteiger partial charge in [0.05, 0.1) is 6.04 Å². The van der Waals surface area contributed by atoms with E-state index in [0.717, 1.165) is 10.0 Å². The van der Waals surface area contributed by atoms with Gasteiger partial charge >= 0.3 is 0 Å². The summed E-state index contributed by atoms with van der Waals surface area (Å²) in [5, 5.41) is 3.16. The molecule has 2 rings (SSSR count). The van der Waals surface area contributed by atoms with Gasteiger partial charge in [-0.15, -0.1) is 0 Å². The Bertz CT molecular complexity index is 554. The molecule has 94 valence electrons. The van der Waals surface area contributed by atoms with Gasteiger partial charge in [0.15, 0.2) is 0 Å². The number of hydrogen-bond acceptors (Lipinski definition) is 1. The lowest BCUT2D eigenvalue weighted by molar-refractivity contribution is 0.576. The van der Waals surface area contributed by atoms with Crippen molar-refractivity contribution < 1.29 is 4.39 Å². The normalized spacial score (nSPS) is 12.4. The Morgan fingerprint density at radius 3 is 2.50 bits per heavy atom. The molecule has 3 heteroatoms. The molecule has 0 aliphatic rings. The van der Waals surface area contributed by atoms with Crippen LogP contribution in [0.3, 0.4) is 0 Å². The van der Waals surface area contributed by atoms with Gasteiger partial charge in [-0.25, -0.2) is 4.39 Å². The molecule has 1 unspecified atom stereocenters. The van der Waals surface area contributed by atoms with Crippen molar-refractivity contribution in [2.24, 2.45) is 0 Å². The molecule has 0 radical (unpaired) electrons. The van der Waals surface area contributed by atoms with Gasteiger partial charge in [0.2, 0.25) is 0 Å². The maximum absolute atomic E-state index is 13.8. The minimum absolute atomic E-state index is 0.136. The van der Waals surface area contributed by atoms with Gasteiger partial charge in [-0.1, -0.05) is 46.3 Å². The van der Waals surface area contributed by atoms with E-state index in [2.05, 4.69) is 21.2 Å². The van der Waals surface area contributed by atoms with Crippen LogP contribution in [0.2, 0.25) is 0 Å². The van der Waals surface area contributed by atoms with Crippen LogP contribution >= 0.6 is 15.9 Å². The summed E-state index contributed by atoms with van der Waals surface area (Å²) >= 11 is 3.51. The highest BCUT2D eigenvalue weighted by atomic mass is 79.9. The fraction of sp³-hybridized carbons (Fsp3) is 0.200. The molecule has 0 saturated carbocycles. The fourth-order valence-corrected chi connectivity index (χ4v) is 2.40. The summed E-state index contributed by atoms with van der Waals surface area (Å²) < 4.78 is 14.9. The highest BCUT2D eigenvalue weighted by molar-refractivity contribution is 9.10. The first kappa shape index (κ1) is 13.2. The zero-order valence-electron chi connectivity index (χ0n) is 10.4. The molecule has 0 fully saturated rings. The molecule has 1 atom stereocenters. The summed E-state index contributed by atoms with van der Waals surface area (Å²) in [5.74, 6) is -0.187. The molecule has 0 aliphatic carbocycles. The van der Waals surface area contributed by atoms with Gasteiger partial charge < -0.3 is 5.32 Å². The lowest BCUT2D eigenvalue weighted by atomic mass is 9.97. The molecule has 1 N–H and O–H groups in total. The van der Waals surface area contributed by atoms with E-state index in [1.165, 1.54) is 11.6 Å². The first-order valence-electron chi connectivity index (χ1n) is 5.81. The summed E-state index contributed by atoms with van der Waals surface area (Å²) in [6.07, 6.45) is 0. The molecule has 0 aliphatic heterocycles. The van der Waals surface area contributed by atoms with Crippen LogP contribution in [0.4, 0.5) is 4.39 Å². The van der Waals surface area contributed by atoms with Crippen LogP contribution in [0.25, 0.3) is 0 Å². The molecular weight excluding hydrogens is 293 g/mol. The topological polar surface area (TPSA) is 12.0 Å². The molecule has 1 nitrogen and oxygen atoms in total. The molecular formula is C15H15BrFN. The zero-order valence-corrected chi connectivity index (χ0v) is 12.0. The summed E-state index contributed by atoms with van der Waals surface area (Å²) in [4.78, 5) is 0. The van der Waals surface area contributed by atoms with Gasteiger partial charge in [-0.3, -0.25) is 0 Å². The molecule has 0 spiro atoms. The molecule has 18 heavy (non-hydrogen) atoms. The Hall–Kier alpha value is -1.19. The number of halogens is 2. The lowest BCUT2D eigenvalue weighted by Gasteiger charge is -2.18. The standard InChI is InChI=1S/C15H15BrFN/c1-10-7-8-11(9-13(10)16)15(18-2)12-5-3-4-6-14(12)17/h3-9,15,18H,1-2H3. The van der Waals surface area contributed by atoms with Crippen LogP contribution in [-0.4, -0.2) is 7.05 Å². The largest absolute Gasteiger partial charge is 0.309 e. The highest BCUT2D eigenvalue weighted by Crippen LogP contribution is 2.27. The summed E-state index contributed by atoms with van der Waals surface area (Å²) in [7, 11) is 1.84. The Morgan fingerprint density at radius 2 is 1.89 bits per heavy atom. The predicted octanol–water partition coefficient (Wildman–Crippen LogP) is 4.21. The van der Waals surface area contributed by atoms with E-state index in [1.54, 1.807) is 6.07 Å².